The molecule has 0 spiro atoms. The topological polar surface area (TPSA) is 32.3 Å². The molecule has 2 aromatic rings. The molecule has 0 aliphatic heterocycles. The van der Waals surface area contributed by atoms with Gasteiger partial charge >= 0.3 is 0 Å². The van der Waals surface area contributed by atoms with Gasteiger partial charge in [-0.15, -0.1) is 0 Å². The van der Waals surface area contributed by atoms with Crippen LogP contribution in [0, 0.1) is 0 Å². The lowest BCUT2D eigenvalue weighted by molar-refractivity contribution is 0.465. The number of benzene rings is 1. The second kappa shape index (κ2) is 4.75. The molecule has 3 heteroatoms. The summed E-state index contributed by atoms with van der Waals surface area (Å²) in [5, 5.41) is 17.8. The van der Waals surface area contributed by atoms with Gasteiger partial charge in [-0.3, -0.25) is 0 Å². The molecular formula is C15H17NOS. The lowest BCUT2D eigenvalue weighted by Gasteiger charge is -2.19. The lowest BCUT2D eigenvalue weighted by Crippen LogP contribution is -2.22. The van der Waals surface area contributed by atoms with Crippen LogP contribution < -0.4 is 5.32 Å². The summed E-state index contributed by atoms with van der Waals surface area (Å²) in [7, 11) is 0. The summed E-state index contributed by atoms with van der Waals surface area (Å²) in [6, 6.07) is 8.73. The largest absolute Gasteiger partial charge is 0.508 e. The van der Waals surface area contributed by atoms with Crippen LogP contribution in [-0.4, -0.2) is 5.11 Å². The number of thiophene rings is 1. The maximum atomic E-state index is 9.84. The molecule has 1 aromatic carbocycles. The highest BCUT2D eigenvalue weighted by molar-refractivity contribution is 7.07. The molecule has 0 amide bonds. The van der Waals surface area contributed by atoms with Gasteiger partial charge in [-0.05, 0) is 59.3 Å². The first-order valence-electron chi connectivity index (χ1n) is 6.34. The van der Waals surface area contributed by atoms with Gasteiger partial charge in [-0.25, -0.2) is 0 Å². The quantitative estimate of drug-likeness (QED) is 0.879. The number of aromatic hydroxyl groups is 1. The zero-order chi connectivity index (χ0) is 12.5. The van der Waals surface area contributed by atoms with Gasteiger partial charge < -0.3 is 10.4 Å². The first kappa shape index (κ1) is 11.8. The molecule has 2 atom stereocenters. The second-order valence-electron chi connectivity index (χ2n) is 4.88. The molecule has 0 fully saturated rings. The predicted octanol–water partition coefficient (Wildman–Crippen LogP) is 3.79. The molecule has 0 radical (unpaired) electrons. The first-order valence-corrected chi connectivity index (χ1v) is 7.29. The van der Waals surface area contributed by atoms with Gasteiger partial charge in [0.25, 0.3) is 0 Å². The van der Waals surface area contributed by atoms with Crippen molar-refractivity contribution in [2.24, 2.45) is 0 Å². The van der Waals surface area contributed by atoms with Crippen molar-refractivity contribution in [3.8, 4) is 5.75 Å². The van der Waals surface area contributed by atoms with Gasteiger partial charge in [0.2, 0.25) is 0 Å². The van der Waals surface area contributed by atoms with Crippen LogP contribution in [0.3, 0.4) is 0 Å². The van der Waals surface area contributed by atoms with Gasteiger partial charge in [0, 0.05) is 12.1 Å². The summed E-state index contributed by atoms with van der Waals surface area (Å²) < 4.78 is 0. The summed E-state index contributed by atoms with van der Waals surface area (Å²) in [4.78, 5) is 0. The van der Waals surface area contributed by atoms with Crippen molar-refractivity contribution in [1.82, 2.24) is 5.32 Å². The first-order chi connectivity index (χ1) is 8.75. The number of hydrogen-bond acceptors (Lipinski definition) is 3. The van der Waals surface area contributed by atoms with Gasteiger partial charge in [-0.2, -0.15) is 11.3 Å². The Morgan fingerprint density at radius 1 is 1.39 bits per heavy atom. The van der Waals surface area contributed by atoms with Crippen molar-refractivity contribution >= 4 is 11.3 Å². The predicted molar refractivity (Wildman–Crippen MR) is 75.0 cm³/mol. The summed E-state index contributed by atoms with van der Waals surface area (Å²) in [5.41, 5.74) is 3.72. The molecule has 2 unspecified atom stereocenters. The molecule has 94 valence electrons. The molecule has 3 rings (SSSR count). The van der Waals surface area contributed by atoms with E-state index in [1.54, 1.807) is 17.4 Å². The number of fused-ring (bicyclic) bond motifs is 1. The molecule has 1 aliphatic carbocycles. The smallest absolute Gasteiger partial charge is 0.119 e. The van der Waals surface area contributed by atoms with Crippen molar-refractivity contribution in [1.29, 1.82) is 0 Å². The fourth-order valence-corrected chi connectivity index (χ4v) is 3.48. The van der Waals surface area contributed by atoms with E-state index in [4.69, 9.17) is 0 Å². The Kier molecular flexibility index (Phi) is 3.10. The Hall–Kier alpha value is -1.32. The Bertz CT molecular complexity index is 535. The standard InChI is InChI=1S/C15H17NOS/c1-10(11-7-8-18-9-11)16-14-6-5-13-12(14)3-2-4-15(13)17/h2-4,7-10,14,16-17H,5-6H2,1H3. The minimum atomic E-state index is 0.356. The van der Waals surface area contributed by atoms with Crippen LogP contribution in [0.25, 0.3) is 0 Å². The monoisotopic (exact) mass is 259 g/mol. The molecule has 0 saturated heterocycles. The summed E-state index contributed by atoms with van der Waals surface area (Å²) in [6.45, 7) is 2.20. The number of phenolic OH excluding ortho intramolecular Hbond substituents is 1. The highest BCUT2D eigenvalue weighted by atomic mass is 32.1. The van der Waals surface area contributed by atoms with Crippen LogP contribution in [0.15, 0.2) is 35.0 Å². The van der Waals surface area contributed by atoms with E-state index in [1.165, 1.54) is 11.1 Å². The minimum Gasteiger partial charge on any atom is -0.508 e. The molecule has 1 aromatic heterocycles. The van der Waals surface area contributed by atoms with E-state index in [9.17, 15) is 5.11 Å². The van der Waals surface area contributed by atoms with Crippen molar-refractivity contribution in [3.05, 3.63) is 51.7 Å². The zero-order valence-electron chi connectivity index (χ0n) is 10.4. The van der Waals surface area contributed by atoms with E-state index in [2.05, 4.69) is 35.1 Å². The highest BCUT2D eigenvalue weighted by Gasteiger charge is 2.25. The van der Waals surface area contributed by atoms with Gasteiger partial charge in [-0.1, -0.05) is 12.1 Å². The Balaban J connectivity index is 1.79. The van der Waals surface area contributed by atoms with Crippen molar-refractivity contribution in [2.75, 3.05) is 0 Å². The second-order valence-corrected chi connectivity index (χ2v) is 5.66. The van der Waals surface area contributed by atoms with Crippen LogP contribution in [0.1, 0.15) is 42.1 Å². The molecule has 2 N–H and O–H groups in total. The van der Waals surface area contributed by atoms with Gasteiger partial charge in [0.15, 0.2) is 0 Å². The zero-order valence-corrected chi connectivity index (χ0v) is 11.2. The van der Waals surface area contributed by atoms with E-state index >= 15 is 0 Å². The highest BCUT2D eigenvalue weighted by Crippen LogP contribution is 2.37. The average Bonchev–Trinajstić information content (AvgIpc) is 2.99. The van der Waals surface area contributed by atoms with Crippen LogP contribution >= 0.6 is 11.3 Å². The van der Waals surface area contributed by atoms with E-state index in [0.717, 1.165) is 18.4 Å². The Morgan fingerprint density at radius 2 is 2.28 bits per heavy atom. The maximum Gasteiger partial charge on any atom is 0.119 e. The Morgan fingerprint density at radius 3 is 3.06 bits per heavy atom. The normalized spacial score (nSPS) is 19.7. The Labute approximate surface area is 111 Å². The van der Waals surface area contributed by atoms with Crippen molar-refractivity contribution in [3.63, 3.8) is 0 Å². The number of nitrogens with one attached hydrogen (secondary N) is 1. The van der Waals surface area contributed by atoms with Crippen LogP contribution in [0.4, 0.5) is 0 Å². The molecule has 1 heterocycles. The molecule has 0 saturated carbocycles. The molecule has 2 nitrogen and oxygen atoms in total. The minimum absolute atomic E-state index is 0.356. The number of rotatable bonds is 3. The van der Waals surface area contributed by atoms with Crippen LogP contribution in [-0.2, 0) is 6.42 Å². The fourth-order valence-electron chi connectivity index (χ4n) is 2.73. The third kappa shape index (κ3) is 2.04. The number of hydrogen-bond donors (Lipinski definition) is 2. The fraction of sp³-hybridized carbons (Fsp3) is 0.333. The van der Waals surface area contributed by atoms with E-state index in [-0.39, 0.29) is 0 Å². The number of phenols is 1. The molecule has 0 bridgehead atoms. The SMILES string of the molecule is CC(NC1CCc2c(O)cccc21)c1ccsc1. The van der Waals surface area contributed by atoms with Gasteiger partial charge in [0.1, 0.15) is 5.75 Å². The molecule has 18 heavy (non-hydrogen) atoms. The molecule has 1 aliphatic rings. The van der Waals surface area contributed by atoms with Crippen LogP contribution in [0.5, 0.6) is 5.75 Å². The lowest BCUT2D eigenvalue weighted by atomic mass is 10.1. The van der Waals surface area contributed by atoms with Crippen LogP contribution in [0.2, 0.25) is 0 Å². The van der Waals surface area contributed by atoms with Gasteiger partial charge in [0.05, 0.1) is 0 Å². The van der Waals surface area contributed by atoms with E-state index < -0.39 is 0 Å². The summed E-state index contributed by atoms with van der Waals surface area (Å²) in [5.74, 6) is 0.444. The van der Waals surface area contributed by atoms with Crippen molar-refractivity contribution in [2.45, 2.75) is 31.8 Å². The molecular weight excluding hydrogens is 242 g/mol. The average molecular weight is 259 g/mol. The summed E-state index contributed by atoms with van der Waals surface area (Å²) >= 11 is 1.73. The third-order valence-electron chi connectivity index (χ3n) is 3.74. The van der Waals surface area contributed by atoms with E-state index in [1.807, 2.05) is 6.07 Å². The van der Waals surface area contributed by atoms with E-state index in [0.29, 0.717) is 17.8 Å². The van der Waals surface area contributed by atoms with Crippen molar-refractivity contribution < 1.29 is 5.11 Å². The maximum absolute atomic E-state index is 9.84. The summed E-state index contributed by atoms with van der Waals surface area (Å²) in [6.07, 6.45) is 2.04. The third-order valence-corrected chi connectivity index (χ3v) is 4.44.